The Morgan fingerprint density at radius 1 is 1.16 bits per heavy atom. The lowest BCUT2D eigenvalue weighted by molar-refractivity contribution is 0.485. The summed E-state index contributed by atoms with van der Waals surface area (Å²) in [4.78, 5) is 0. The number of benzene rings is 2. The number of nitriles is 1. The number of nitrogens with zero attached hydrogens (tertiary/aromatic N) is 1. The quantitative estimate of drug-likeness (QED) is 0.838. The van der Waals surface area contributed by atoms with Crippen molar-refractivity contribution in [3.05, 3.63) is 54.1 Å². The van der Waals surface area contributed by atoms with Crippen molar-refractivity contribution < 1.29 is 4.74 Å². The monoisotopic (exact) mass is 269 g/mol. The maximum absolute atomic E-state index is 8.73. The largest absolute Gasteiger partial charge is 0.455 e. The molecule has 2 rings (SSSR count). The van der Waals surface area contributed by atoms with Gasteiger partial charge in [0.25, 0.3) is 0 Å². The molecule has 0 spiro atoms. The fraction of sp³-hybridized carbons (Fsp3) is 0. The molecular weight excluding hydrogens is 258 g/mol. The van der Waals surface area contributed by atoms with Gasteiger partial charge in [0, 0.05) is 0 Å². The number of nitrogens with one attached hydrogen (secondary N) is 1. The summed E-state index contributed by atoms with van der Waals surface area (Å²) in [7, 11) is 0. The Morgan fingerprint density at radius 2 is 1.84 bits per heavy atom. The van der Waals surface area contributed by atoms with E-state index in [-0.39, 0.29) is 5.11 Å². The summed E-state index contributed by atoms with van der Waals surface area (Å²) in [5.41, 5.74) is 6.73. The van der Waals surface area contributed by atoms with Crippen LogP contribution in [0.4, 0.5) is 5.69 Å². The van der Waals surface area contributed by atoms with Crippen molar-refractivity contribution in [2.24, 2.45) is 5.73 Å². The molecule has 0 saturated heterocycles. The number of hydrogen-bond acceptors (Lipinski definition) is 3. The number of hydrogen-bond donors (Lipinski definition) is 2. The Morgan fingerprint density at radius 3 is 2.47 bits per heavy atom. The highest BCUT2D eigenvalue weighted by Gasteiger charge is 2.04. The lowest BCUT2D eigenvalue weighted by Gasteiger charge is -2.11. The molecule has 94 valence electrons. The lowest BCUT2D eigenvalue weighted by atomic mass is 10.2. The summed E-state index contributed by atoms with van der Waals surface area (Å²) in [5.74, 6) is 1.25. The number of anilines is 1. The van der Waals surface area contributed by atoms with Crippen LogP contribution in [0.1, 0.15) is 5.56 Å². The Balaban J connectivity index is 2.22. The molecule has 0 radical (unpaired) electrons. The third kappa shape index (κ3) is 3.44. The van der Waals surface area contributed by atoms with E-state index in [2.05, 4.69) is 11.4 Å². The normalized spacial score (nSPS) is 9.42. The fourth-order valence-electron chi connectivity index (χ4n) is 1.52. The Bertz CT molecular complexity index is 632. The third-order valence-electron chi connectivity index (χ3n) is 2.36. The standard InChI is InChI=1S/C14H11N3OS/c15-9-10-5-7-11(8-6-10)18-13-4-2-1-3-12(13)17-14(16)19/h1-8H,(H3,16,17,19). The minimum Gasteiger partial charge on any atom is -0.455 e. The molecule has 0 saturated carbocycles. The smallest absolute Gasteiger partial charge is 0.168 e. The van der Waals surface area contributed by atoms with Crippen molar-refractivity contribution in [1.82, 2.24) is 0 Å². The van der Waals surface area contributed by atoms with Crippen LogP contribution in [0.5, 0.6) is 11.5 Å². The van der Waals surface area contributed by atoms with E-state index in [1.807, 2.05) is 18.2 Å². The van der Waals surface area contributed by atoms with E-state index >= 15 is 0 Å². The van der Waals surface area contributed by atoms with Crippen LogP contribution in [0.2, 0.25) is 0 Å². The van der Waals surface area contributed by atoms with E-state index < -0.39 is 0 Å². The number of thiocarbonyl (C=S) groups is 1. The van der Waals surface area contributed by atoms with E-state index in [1.165, 1.54) is 0 Å². The average Bonchev–Trinajstić information content (AvgIpc) is 2.41. The minimum absolute atomic E-state index is 0.177. The van der Waals surface area contributed by atoms with Gasteiger partial charge in [0.1, 0.15) is 5.75 Å². The average molecular weight is 269 g/mol. The van der Waals surface area contributed by atoms with Crippen LogP contribution in [0.3, 0.4) is 0 Å². The van der Waals surface area contributed by atoms with E-state index in [9.17, 15) is 0 Å². The van der Waals surface area contributed by atoms with Crippen LogP contribution < -0.4 is 15.8 Å². The molecule has 2 aromatic rings. The molecule has 0 atom stereocenters. The summed E-state index contributed by atoms with van der Waals surface area (Å²) in [6, 6.07) is 16.2. The Hall–Kier alpha value is -2.58. The first-order valence-electron chi connectivity index (χ1n) is 5.52. The van der Waals surface area contributed by atoms with Gasteiger partial charge in [0.2, 0.25) is 0 Å². The van der Waals surface area contributed by atoms with E-state index in [1.54, 1.807) is 30.3 Å². The first kappa shape index (κ1) is 12.9. The molecule has 0 fully saturated rings. The summed E-state index contributed by atoms with van der Waals surface area (Å²) in [5, 5.41) is 11.8. The highest BCUT2D eigenvalue weighted by molar-refractivity contribution is 7.80. The maximum atomic E-state index is 8.73. The van der Waals surface area contributed by atoms with E-state index in [0.29, 0.717) is 22.7 Å². The fourth-order valence-corrected chi connectivity index (χ4v) is 1.63. The first-order chi connectivity index (χ1) is 9.19. The second-order valence-corrected chi connectivity index (χ2v) is 4.16. The second kappa shape index (κ2) is 5.85. The van der Waals surface area contributed by atoms with Gasteiger partial charge in [-0.15, -0.1) is 0 Å². The van der Waals surface area contributed by atoms with Crippen LogP contribution in [0.15, 0.2) is 48.5 Å². The number of ether oxygens (including phenoxy) is 1. The zero-order valence-corrected chi connectivity index (χ0v) is 10.8. The van der Waals surface area contributed by atoms with Gasteiger partial charge >= 0.3 is 0 Å². The zero-order chi connectivity index (χ0) is 13.7. The molecule has 0 bridgehead atoms. The van der Waals surface area contributed by atoms with Gasteiger partial charge in [-0.2, -0.15) is 5.26 Å². The Labute approximate surface area is 116 Å². The molecule has 19 heavy (non-hydrogen) atoms. The predicted octanol–water partition coefficient (Wildman–Crippen LogP) is 3.01. The second-order valence-electron chi connectivity index (χ2n) is 3.72. The van der Waals surface area contributed by atoms with Gasteiger partial charge in [-0.3, -0.25) is 0 Å². The van der Waals surface area contributed by atoms with Crippen molar-refractivity contribution in [2.45, 2.75) is 0 Å². The van der Waals surface area contributed by atoms with Gasteiger partial charge in [-0.1, -0.05) is 12.1 Å². The van der Waals surface area contributed by atoms with Gasteiger partial charge in [0.15, 0.2) is 10.9 Å². The van der Waals surface area contributed by atoms with Crippen molar-refractivity contribution >= 4 is 23.0 Å². The van der Waals surface area contributed by atoms with Crippen LogP contribution in [-0.2, 0) is 0 Å². The summed E-state index contributed by atoms with van der Waals surface area (Å²) < 4.78 is 5.72. The highest BCUT2D eigenvalue weighted by Crippen LogP contribution is 2.29. The molecule has 3 N–H and O–H groups in total. The molecule has 0 aliphatic rings. The van der Waals surface area contributed by atoms with Crippen LogP contribution in [0.25, 0.3) is 0 Å². The van der Waals surface area contributed by atoms with Crippen molar-refractivity contribution in [2.75, 3.05) is 5.32 Å². The van der Waals surface area contributed by atoms with Gasteiger partial charge < -0.3 is 15.8 Å². The summed E-state index contributed by atoms with van der Waals surface area (Å²) >= 11 is 4.81. The van der Waals surface area contributed by atoms with Crippen molar-refractivity contribution in [3.8, 4) is 17.6 Å². The molecule has 0 aliphatic heterocycles. The predicted molar refractivity (Wildman–Crippen MR) is 78.1 cm³/mol. The molecule has 4 nitrogen and oxygen atoms in total. The maximum Gasteiger partial charge on any atom is 0.168 e. The third-order valence-corrected chi connectivity index (χ3v) is 2.46. The number of rotatable bonds is 3. The first-order valence-corrected chi connectivity index (χ1v) is 5.93. The lowest BCUT2D eigenvalue weighted by Crippen LogP contribution is -2.19. The highest BCUT2D eigenvalue weighted by atomic mass is 32.1. The van der Waals surface area contributed by atoms with Gasteiger partial charge in [-0.05, 0) is 48.6 Å². The van der Waals surface area contributed by atoms with Gasteiger partial charge in [-0.25, -0.2) is 0 Å². The van der Waals surface area contributed by atoms with E-state index in [4.69, 9.17) is 28.0 Å². The van der Waals surface area contributed by atoms with Crippen molar-refractivity contribution in [3.63, 3.8) is 0 Å². The van der Waals surface area contributed by atoms with Crippen LogP contribution >= 0.6 is 12.2 Å². The number of nitrogens with two attached hydrogens (primary N) is 1. The molecule has 5 heteroatoms. The van der Waals surface area contributed by atoms with Crippen LogP contribution in [-0.4, -0.2) is 5.11 Å². The molecule has 0 amide bonds. The topological polar surface area (TPSA) is 71.1 Å². The summed E-state index contributed by atoms with van der Waals surface area (Å²) in [6.45, 7) is 0. The number of para-hydroxylation sites is 2. The van der Waals surface area contributed by atoms with Crippen LogP contribution in [0, 0.1) is 11.3 Å². The van der Waals surface area contributed by atoms with Crippen molar-refractivity contribution in [1.29, 1.82) is 5.26 Å². The molecular formula is C14H11N3OS. The molecule has 0 heterocycles. The van der Waals surface area contributed by atoms with Gasteiger partial charge in [0.05, 0.1) is 17.3 Å². The SMILES string of the molecule is N#Cc1ccc(Oc2ccccc2NC(N)=S)cc1. The Kier molecular flexibility index (Phi) is 3.96. The molecule has 0 aromatic heterocycles. The molecule has 2 aromatic carbocycles. The van der Waals surface area contributed by atoms with E-state index in [0.717, 1.165) is 0 Å². The summed E-state index contributed by atoms with van der Waals surface area (Å²) in [6.07, 6.45) is 0. The molecule has 0 unspecified atom stereocenters. The zero-order valence-electron chi connectivity index (χ0n) is 9.96. The molecule has 0 aliphatic carbocycles. The minimum atomic E-state index is 0.177.